The molecule has 92 valence electrons. The van der Waals surface area contributed by atoms with E-state index >= 15 is 0 Å². The largest absolute Gasteiger partial charge is 0.343 e. The van der Waals surface area contributed by atoms with Crippen molar-refractivity contribution in [1.29, 1.82) is 0 Å². The van der Waals surface area contributed by atoms with Crippen molar-refractivity contribution in [2.75, 3.05) is 0 Å². The highest BCUT2D eigenvalue weighted by molar-refractivity contribution is 5.97. The van der Waals surface area contributed by atoms with E-state index in [0.717, 1.165) is 0 Å². The molecular weight excluding hydrogens is 221 g/mol. The van der Waals surface area contributed by atoms with Crippen LogP contribution < -0.4 is 5.32 Å². The lowest BCUT2D eigenvalue weighted by molar-refractivity contribution is -0.120. The average molecular weight is 237 g/mol. The fourth-order valence-electron chi connectivity index (χ4n) is 1.40. The van der Waals surface area contributed by atoms with Gasteiger partial charge in [0.05, 0.1) is 6.04 Å². The number of aryl methyl sites for hydroxylation is 1. The normalized spacial score (nSPS) is 12.0. The van der Waals surface area contributed by atoms with E-state index in [4.69, 9.17) is 0 Å². The Kier molecular flexibility index (Phi) is 4.37. The Labute approximate surface area is 100 Å². The molecule has 1 rings (SSSR count). The van der Waals surface area contributed by atoms with Gasteiger partial charge in [-0.1, -0.05) is 13.0 Å². The van der Waals surface area contributed by atoms with Crippen molar-refractivity contribution < 1.29 is 14.0 Å². The summed E-state index contributed by atoms with van der Waals surface area (Å²) in [6, 6.07) is 3.71. The molecule has 0 saturated heterocycles. The van der Waals surface area contributed by atoms with Crippen LogP contribution in [0.1, 0.15) is 36.2 Å². The van der Waals surface area contributed by atoms with Gasteiger partial charge in [0.1, 0.15) is 5.82 Å². The highest BCUT2D eigenvalue weighted by Crippen LogP contribution is 2.09. The lowest BCUT2D eigenvalue weighted by atomic mass is 10.1. The number of rotatable bonds is 4. The Hall–Kier alpha value is -1.71. The third-order valence-corrected chi connectivity index (χ3v) is 2.61. The van der Waals surface area contributed by atoms with Crippen LogP contribution in [0.3, 0.4) is 0 Å². The van der Waals surface area contributed by atoms with Gasteiger partial charge in [-0.2, -0.15) is 0 Å². The number of carbonyl (C=O) groups excluding carboxylic acids is 2. The van der Waals surface area contributed by atoms with Gasteiger partial charge in [-0.05, 0) is 31.5 Å². The van der Waals surface area contributed by atoms with Crippen LogP contribution in [-0.2, 0) is 4.79 Å². The second-order valence-electron chi connectivity index (χ2n) is 3.98. The Balaban J connectivity index is 2.76. The summed E-state index contributed by atoms with van der Waals surface area (Å²) in [6.45, 7) is 4.98. The SMILES string of the molecule is CCC(=O)C(C)NC(=O)c1ccc(C)c(F)c1. The number of ketones is 1. The van der Waals surface area contributed by atoms with E-state index < -0.39 is 17.8 Å². The van der Waals surface area contributed by atoms with Crippen molar-refractivity contribution >= 4 is 11.7 Å². The zero-order valence-corrected chi connectivity index (χ0v) is 10.2. The Bertz CT molecular complexity index is 443. The van der Waals surface area contributed by atoms with Crippen molar-refractivity contribution in [3.63, 3.8) is 0 Å². The molecule has 0 saturated carbocycles. The molecule has 0 heterocycles. The molecule has 0 bridgehead atoms. The molecule has 4 heteroatoms. The molecule has 0 aliphatic carbocycles. The maximum Gasteiger partial charge on any atom is 0.251 e. The first kappa shape index (κ1) is 13.4. The maximum absolute atomic E-state index is 13.3. The first-order valence-electron chi connectivity index (χ1n) is 5.55. The number of hydrogen-bond acceptors (Lipinski definition) is 2. The Morgan fingerprint density at radius 3 is 2.59 bits per heavy atom. The molecule has 0 fully saturated rings. The summed E-state index contributed by atoms with van der Waals surface area (Å²) >= 11 is 0. The summed E-state index contributed by atoms with van der Waals surface area (Å²) in [5, 5.41) is 2.54. The van der Waals surface area contributed by atoms with Crippen molar-refractivity contribution in [1.82, 2.24) is 5.32 Å². The van der Waals surface area contributed by atoms with Gasteiger partial charge in [0, 0.05) is 12.0 Å². The van der Waals surface area contributed by atoms with E-state index in [2.05, 4.69) is 5.32 Å². The van der Waals surface area contributed by atoms with Crippen molar-refractivity contribution in [3.05, 3.63) is 35.1 Å². The molecular formula is C13H16FNO2. The Morgan fingerprint density at radius 2 is 2.06 bits per heavy atom. The van der Waals surface area contributed by atoms with Crippen LogP contribution in [-0.4, -0.2) is 17.7 Å². The summed E-state index contributed by atoms with van der Waals surface area (Å²) in [5.74, 6) is -0.906. The van der Waals surface area contributed by atoms with Crippen molar-refractivity contribution in [2.45, 2.75) is 33.2 Å². The number of nitrogens with one attached hydrogen (secondary N) is 1. The molecule has 3 nitrogen and oxygen atoms in total. The average Bonchev–Trinajstić information content (AvgIpc) is 2.31. The van der Waals surface area contributed by atoms with Crippen LogP contribution in [0, 0.1) is 12.7 Å². The number of hydrogen-bond donors (Lipinski definition) is 1. The van der Waals surface area contributed by atoms with Gasteiger partial charge < -0.3 is 5.32 Å². The lowest BCUT2D eigenvalue weighted by Gasteiger charge is -2.12. The molecule has 0 aliphatic heterocycles. The van der Waals surface area contributed by atoms with Crippen LogP contribution in [0.15, 0.2) is 18.2 Å². The van der Waals surface area contributed by atoms with Crippen LogP contribution >= 0.6 is 0 Å². The van der Waals surface area contributed by atoms with Gasteiger partial charge >= 0.3 is 0 Å². The zero-order chi connectivity index (χ0) is 13.0. The molecule has 1 aromatic rings. The van der Waals surface area contributed by atoms with Crippen LogP contribution in [0.25, 0.3) is 0 Å². The standard InChI is InChI=1S/C13H16FNO2/c1-4-12(16)9(3)15-13(17)10-6-5-8(2)11(14)7-10/h5-7,9H,4H2,1-3H3,(H,15,17). The molecule has 0 aliphatic rings. The summed E-state index contributed by atoms with van der Waals surface area (Å²) in [7, 11) is 0. The predicted octanol–water partition coefficient (Wildman–Crippen LogP) is 2.23. The predicted molar refractivity (Wildman–Crippen MR) is 63.4 cm³/mol. The maximum atomic E-state index is 13.3. The third-order valence-electron chi connectivity index (χ3n) is 2.61. The van der Waals surface area contributed by atoms with E-state index in [0.29, 0.717) is 12.0 Å². The molecule has 1 atom stereocenters. The fourth-order valence-corrected chi connectivity index (χ4v) is 1.40. The lowest BCUT2D eigenvalue weighted by Crippen LogP contribution is -2.38. The molecule has 1 amide bonds. The van der Waals surface area contributed by atoms with Crippen molar-refractivity contribution in [2.24, 2.45) is 0 Å². The van der Waals surface area contributed by atoms with E-state index in [-0.39, 0.29) is 11.3 Å². The van der Waals surface area contributed by atoms with Gasteiger partial charge in [0.15, 0.2) is 5.78 Å². The number of Topliss-reactive ketones (excluding diaryl/α,β-unsaturated/α-hetero) is 1. The number of benzene rings is 1. The molecule has 1 unspecified atom stereocenters. The first-order chi connectivity index (χ1) is 7.95. The quantitative estimate of drug-likeness (QED) is 0.872. The fraction of sp³-hybridized carbons (Fsp3) is 0.385. The summed E-state index contributed by atoms with van der Waals surface area (Å²) < 4.78 is 13.3. The second kappa shape index (κ2) is 5.57. The monoisotopic (exact) mass is 237 g/mol. The minimum Gasteiger partial charge on any atom is -0.343 e. The summed E-state index contributed by atoms with van der Waals surface area (Å²) in [6.07, 6.45) is 0.365. The minimum atomic E-state index is -0.545. The summed E-state index contributed by atoms with van der Waals surface area (Å²) in [4.78, 5) is 23.0. The van der Waals surface area contributed by atoms with Crippen LogP contribution in [0.4, 0.5) is 4.39 Å². The molecule has 0 radical (unpaired) electrons. The highest BCUT2D eigenvalue weighted by Gasteiger charge is 2.15. The van der Waals surface area contributed by atoms with E-state index in [1.54, 1.807) is 20.8 Å². The smallest absolute Gasteiger partial charge is 0.251 e. The van der Waals surface area contributed by atoms with Gasteiger partial charge in [0.25, 0.3) is 5.91 Å². The van der Waals surface area contributed by atoms with E-state index in [1.165, 1.54) is 18.2 Å². The van der Waals surface area contributed by atoms with Gasteiger partial charge in [-0.25, -0.2) is 4.39 Å². The molecule has 0 spiro atoms. The van der Waals surface area contributed by atoms with Crippen LogP contribution in [0.5, 0.6) is 0 Å². The minimum absolute atomic E-state index is 0.0501. The summed E-state index contributed by atoms with van der Waals surface area (Å²) in [5.41, 5.74) is 0.711. The number of halogens is 1. The number of carbonyl (C=O) groups is 2. The third kappa shape index (κ3) is 3.37. The molecule has 1 aromatic carbocycles. The van der Waals surface area contributed by atoms with Gasteiger partial charge in [0.2, 0.25) is 0 Å². The van der Waals surface area contributed by atoms with Gasteiger partial charge in [-0.3, -0.25) is 9.59 Å². The second-order valence-corrected chi connectivity index (χ2v) is 3.98. The molecule has 17 heavy (non-hydrogen) atoms. The number of amides is 1. The van der Waals surface area contributed by atoms with Crippen LogP contribution in [0.2, 0.25) is 0 Å². The zero-order valence-electron chi connectivity index (χ0n) is 10.2. The highest BCUT2D eigenvalue weighted by atomic mass is 19.1. The molecule has 1 N–H and O–H groups in total. The van der Waals surface area contributed by atoms with Crippen molar-refractivity contribution in [3.8, 4) is 0 Å². The molecule has 0 aromatic heterocycles. The van der Waals surface area contributed by atoms with E-state index in [1.807, 2.05) is 0 Å². The Morgan fingerprint density at radius 1 is 1.41 bits per heavy atom. The van der Waals surface area contributed by atoms with Gasteiger partial charge in [-0.15, -0.1) is 0 Å². The first-order valence-corrected chi connectivity index (χ1v) is 5.55. The van der Waals surface area contributed by atoms with E-state index in [9.17, 15) is 14.0 Å². The topological polar surface area (TPSA) is 46.2 Å².